The van der Waals surface area contributed by atoms with Gasteiger partial charge in [0.1, 0.15) is 0 Å². The zero-order valence-electron chi connectivity index (χ0n) is 15.6. The third-order valence-corrected chi connectivity index (χ3v) is 5.24. The van der Waals surface area contributed by atoms with Crippen LogP contribution in [0.15, 0.2) is 18.2 Å². The summed E-state index contributed by atoms with van der Waals surface area (Å²) < 4.78 is 5.87. The highest BCUT2D eigenvalue weighted by Crippen LogP contribution is 2.28. The highest BCUT2D eigenvalue weighted by molar-refractivity contribution is 6.31. The normalized spacial score (nSPS) is 18.2. The monoisotopic (exact) mass is 366 g/mol. The van der Waals surface area contributed by atoms with Gasteiger partial charge in [-0.2, -0.15) is 0 Å². The van der Waals surface area contributed by atoms with Crippen LogP contribution in [-0.2, 0) is 9.53 Å². The van der Waals surface area contributed by atoms with Crippen molar-refractivity contribution in [1.82, 2.24) is 0 Å². The van der Waals surface area contributed by atoms with Crippen LogP contribution in [-0.4, -0.2) is 24.2 Å². The summed E-state index contributed by atoms with van der Waals surface area (Å²) in [6, 6.07) is 5.19. The van der Waals surface area contributed by atoms with Crippen LogP contribution in [0.1, 0.15) is 57.9 Å². The summed E-state index contributed by atoms with van der Waals surface area (Å²) in [4.78, 5) is 12.8. The van der Waals surface area contributed by atoms with Gasteiger partial charge in [-0.25, -0.2) is 0 Å². The van der Waals surface area contributed by atoms with Crippen molar-refractivity contribution in [2.75, 3.05) is 5.32 Å². The summed E-state index contributed by atoms with van der Waals surface area (Å²) in [6.07, 6.45) is 6.37. The van der Waals surface area contributed by atoms with Gasteiger partial charge in [0, 0.05) is 16.8 Å². The Hall–Kier alpha value is -1.10. The number of anilines is 1. The second kappa shape index (κ2) is 9.56. The lowest BCUT2D eigenvalue weighted by molar-refractivity contribution is -0.132. The molecule has 3 N–H and O–H groups in total. The summed E-state index contributed by atoms with van der Waals surface area (Å²) in [5.41, 5.74) is 8.04. The highest BCUT2D eigenvalue weighted by atomic mass is 35.5. The summed E-state index contributed by atoms with van der Waals surface area (Å²) in [5, 5.41) is 3.54. The van der Waals surface area contributed by atoms with E-state index in [9.17, 15) is 4.79 Å². The van der Waals surface area contributed by atoms with Crippen molar-refractivity contribution in [3.05, 3.63) is 28.8 Å². The molecule has 1 amide bonds. The lowest BCUT2D eigenvalue weighted by Crippen LogP contribution is -2.47. The SMILES string of the molecule is Cc1ccc(NC(=O)C(OC(C)C)C(N)CC2CCCCC2)cc1Cl. The number of ether oxygens (including phenoxy) is 1. The summed E-state index contributed by atoms with van der Waals surface area (Å²) in [5.74, 6) is 0.403. The zero-order chi connectivity index (χ0) is 18.4. The molecule has 1 saturated carbocycles. The molecule has 1 aliphatic rings. The number of aryl methyl sites for hydroxylation is 1. The first kappa shape index (κ1) is 20.2. The number of nitrogens with two attached hydrogens (primary N) is 1. The lowest BCUT2D eigenvalue weighted by Gasteiger charge is -2.30. The Balaban J connectivity index is 2.03. The van der Waals surface area contributed by atoms with Crippen molar-refractivity contribution >= 4 is 23.2 Å². The average Bonchev–Trinajstić information content (AvgIpc) is 2.56. The molecule has 0 heterocycles. The van der Waals surface area contributed by atoms with Gasteiger partial charge < -0.3 is 15.8 Å². The molecular weight excluding hydrogens is 336 g/mol. The second-order valence-corrected chi connectivity index (χ2v) is 7.87. The van der Waals surface area contributed by atoms with Gasteiger partial charge in [-0.3, -0.25) is 4.79 Å². The fourth-order valence-corrected chi connectivity index (χ4v) is 3.65. The van der Waals surface area contributed by atoms with Gasteiger partial charge in [0.2, 0.25) is 0 Å². The zero-order valence-corrected chi connectivity index (χ0v) is 16.3. The first-order chi connectivity index (χ1) is 11.9. The van der Waals surface area contributed by atoms with Crippen LogP contribution in [0.25, 0.3) is 0 Å². The van der Waals surface area contributed by atoms with Crippen molar-refractivity contribution < 1.29 is 9.53 Å². The number of benzene rings is 1. The number of hydrogen-bond donors (Lipinski definition) is 2. The van der Waals surface area contributed by atoms with E-state index in [0.29, 0.717) is 16.6 Å². The molecule has 1 aromatic carbocycles. The van der Waals surface area contributed by atoms with Crippen molar-refractivity contribution in [2.45, 2.75) is 77.5 Å². The van der Waals surface area contributed by atoms with E-state index >= 15 is 0 Å². The van der Waals surface area contributed by atoms with Gasteiger partial charge in [0.15, 0.2) is 6.10 Å². The molecule has 0 aliphatic heterocycles. The Kier molecular flexibility index (Phi) is 7.73. The molecule has 1 aliphatic carbocycles. The number of hydrogen-bond acceptors (Lipinski definition) is 3. The van der Waals surface area contributed by atoms with E-state index in [1.807, 2.05) is 32.9 Å². The van der Waals surface area contributed by atoms with Crippen LogP contribution < -0.4 is 11.1 Å². The predicted octanol–water partition coefficient (Wildman–Crippen LogP) is 4.68. The molecule has 0 saturated heterocycles. The molecule has 25 heavy (non-hydrogen) atoms. The molecule has 4 nitrogen and oxygen atoms in total. The molecule has 2 unspecified atom stereocenters. The molecule has 1 fully saturated rings. The summed E-state index contributed by atoms with van der Waals surface area (Å²) in [6.45, 7) is 5.78. The first-order valence-electron chi connectivity index (χ1n) is 9.35. The molecular formula is C20H31ClN2O2. The van der Waals surface area contributed by atoms with E-state index in [1.54, 1.807) is 6.07 Å². The molecule has 1 aromatic rings. The minimum Gasteiger partial charge on any atom is -0.364 e. The van der Waals surface area contributed by atoms with E-state index in [4.69, 9.17) is 22.1 Å². The quantitative estimate of drug-likeness (QED) is 0.736. The molecule has 0 aromatic heterocycles. The number of carbonyl (C=O) groups excluding carboxylic acids is 1. The molecule has 140 valence electrons. The molecule has 0 bridgehead atoms. The Morgan fingerprint density at radius 1 is 1.32 bits per heavy atom. The predicted molar refractivity (Wildman–Crippen MR) is 104 cm³/mol. The van der Waals surface area contributed by atoms with E-state index in [1.165, 1.54) is 32.1 Å². The third kappa shape index (κ3) is 6.28. The standard InChI is InChI=1S/C20H31ClN2O2/c1-13(2)25-19(18(22)11-15-7-5-4-6-8-15)20(24)23-16-10-9-14(3)17(21)12-16/h9-10,12-13,15,18-19H,4-8,11,22H2,1-3H3,(H,23,24). The summed E-state index contributed by atoms with van der Waals surface area (Å²) >= 11 is 6.15. The van der Waals surface area contributed by atoms with Crippen LogP contribution in [0, 0.1) is 12.8 Å². The van der Waals surface area contributed by atoms with Gasteiger partial charge >= 0.3 is 0 Å². The van der Waals surface area contributed by atoms with Gasteiger partial charge in [0.05, 0.1) is 6.10 Å². The second-order valence-electron chi connectivity index (χ2n) is 7.46. The average molecular weight is 367 g/mol. The fraction of sp³-hybridized carbons (Fsp3) is 0.650. The molecule has 0 spiro atoms. The number of carbonyl (C=O) groups is 1. The van der Waals surface area contributed by atoms with E-state index in [0.717, 1.165) is 12.0 Å². The lowest BCUT2D eigenvalue weighted by atomic mass is 9.84. The van der Waals surface area contributed by atoms with Crippen LogP contribution >= 0.6 is 11.6 Å². The van der Waals surface area contributed by atoms with Gasteiger partial charge in [-0.15, -0.1) is 0 Å². The van der Waals surface area contributed by atoms with E-state index in [-0.39, 0.29) is 18.1 Å². The highest BCUT2D eigenvalue weighted by Gasteiger charge is 2.30. The fourth-order valence-electron chi connectivity index (χ4n) is 3.47. The molecule has 2 rings (SSSR count). The third-order valence-electron chi connectivity index (χ3n) is 4.84. The van der Waals surface area contributed by atoms with Crippen molar-refractivity contribution in [2.24, 2.45) is 11.7 Å². The summed E-state index contributed by atoms with van der Waals surface area (Å²) in [7, 11) is 0. The van der Waals surface area contributed by atoms with Crippen molar-refractivity contribution in [3.8, 4) is 0 Å². The Morgan fingerprint density at radius 3 is 2.60 bits per heavy atom. The maximum Gasteiger partial charge on any atom is 0.255 e. The number of rotatable bonds is 7. The minimum absolute atomic E-state index is 0.0604. The van der Waals surface area contributed by atoms with E-state index in [2.05, 4.69) is 5.32 Å². The van der Waals surface area contributed by atoms with Crippen molar-refractivity contribution in [3.63, 3.8) is 0 Å². The van der Waals surface area contributed by atoms with E-state index < -0.39 is 6.10 Å². The molecule has 0 radical (unpaired) electrons. The Morgan fingerprint density at radius 2 is 2.00 bits per heavy atom. The van der Waals surface area contributed by atoms with Crippen LogP contribution in [0.4, 0.5) is 5.69 Å². The maximum absolute atomic E-state index is 12.8. The molecule has 2 atom stereocenters. The Labute approximate surface area is 156 Å². The van der Waals surface area contributed by atoms with Gasteiger partial charge in [-0.05, 0) is 50.8 Å². The largest absolute Gasteiger partial charge is 0.364 e. The molecule has 5 heteroatoms. The smallest absolute Gasteiger partial charge is 0.255 e. The van der Waals surface area contributed by atoms with Crippen LogP contribution in [0.3, 0.4) is 0 Å². The topological polar surface area (TPSA) is 64.3 Å². The van der Waals surface area contributed by atoms with Crippen molar-refractivity contribution in [1.29, 1.82) is 0 Å². The van der Waals surface area contributed by atoms with Gasteiger partial charge in [0.25, 0.3) is 5.91 Å². The number of nitrogens with one attached hydrogen (secondary N) is 1. The van der Waals surface area contributed by atoms with Gasteiger partial charge in [-0.1, -0.05) is 49.8 Å². The van der Waals surface area contributed by atoms with Crippen LogP contribution in [0.2, 0.25) is 5.02 Å². The van der Waals surface area contributed by atoms with Crippen LogP contribution in [0.5, 0.6) is 0 Å². The Bertz CT molecular complexity index is 571. The number of halogens is 1. The maximum atomic E-state index is 12.8. The number of amides is 1. The minimum atomic E-state index is -0.651. The first-order valence-corrected chi connectivity index (χ1v) is 9.72.